The molecule has 9 heteroatoms. The molecule has 2 heterocycles. The highest BCUT2D eigenvalue weighted by Crippen LogP contribution is 2.44. The van der Waals surface area contributed by atoms with Crippen LogP contribution in [0, 0.1) is 13.8 Å². The fourth-order valence-electron chi connectivity index (χ4n) is 3.89. The first kappa shape index (κ1) is 25.3. The number of hydrogen-bond donors (Lipinski definition) is 3. The molecule has 0 saturated carbocycles. The molecule has 0 saturated heterocycles. The molecule has 0 spiro atoms. The summed E-state index contributed by atoms with van der Waals surface area (Å²) >= 11 is 6.84. The molecule has 0 aliphatic heterocycles. The average molecular weight is 508 g/mol. The first-order valence-electron chi connectivity index (χ1n) is 11.5. The number of benzene rings is 2. The quantitative estimate of drug-likeness (QED) is 0.293. The number of primary amides is 1. The maximum absolute atomic E-state index is 11.6. The van der Waals surface area contributed by atoms with E-state index >= 15 is 0 Å². The summed E-state index contributed by atoms with van der Waals surface area (Å²) in [4.78, 5) is 16.4. The summed E-state index contributed by atoms with van der Waals surface area (Å²) in [7, 11) is 0. The van der Waals surface area contributed by atoms with Crippen LogP contribution < -0.4 is 26.3 Å². The number of nitrogens with zero attached hydrogens (tertiary/aromatic N) is 2. The van der Waals surface area contributed by atoms with E-state index in [1.807, 2.05) is 74.7 Å². The van der Waals surface area contributed by atoms with Crippen molar-refractivity contribution in [1.82, 2.24) is 9.38 Å². The summed E-state index contributed by atoms with van der Waals surface area (Å²) in [6.07, 6.45) is 1.92. The highest BCUT2D eigenvalue weighted by atomic mass is 35.5. The second-order valence-corrected chi connectivity index (χ2v) is 9.64. The van der Waals surface area contributed by atoms with Gasteiger partial charge in [0.1, 0.15) is 34.3 Å². The summed E-state index contributed by atoms with van der Waals surface area (Å²) in [6, 6.07) is 15.2. The predicted octanol–water partition coefficient (Wildman–Crippen LogP) is 5.00. The number of pyridine rings is 1. The molecule has 1 amide bonds. The Balaban J connectivity index is 1.93. The van der Waals surface area contributed by atoms with Crippen LogP contribution in [0.3, 0.4) is 0 Å². The van der Waals surface area contributed by atoms with E-state index in [1.54, 1.807) is 12.1 Å². The van der Waals surface area contributed by atoms with Crippen molar-refractivity contribution in [2.75, 3.05) is 18.5 Å². The van der Waals surface area contributed by atoms with Gasteiger partial charge < -0.3 is 26.3 Å². The van der Waals surface area contributed by atoms with E-state index in [9.17, 15) is 4.79 Å². The SMILES string of the molecule is Cc1cccc(C)c1Nc1c(-c2c(Cl)cc(OC(C)(C)CN)cc2OCC(N)=O)nc2ccccn12. The molecule has 2 aromatic heterocycles. The summed E-state index contributed by atoms with van der Waals surface area (Å²) < 4.78 is 13.8. The molecule has 0 unspecified atom stereocenters. The highest BCUT2D eigenvalue weighted by molar-refractivity contribution is 6.34. The van der Waals surface area contributed by atoms with Gasteiger partial charge in [-0.1, -0.05) is 35.9 Å². The van der Waals surface area contributed by atoms with Crippen LogP contribution in [0.15, 0.2) is 54.7 Å². The van der Waals surface area contributed by atoms with E-state index in [-0.39, 0.29) is 6.61 Å². The maximum atomic E-state index is 11.6. The van der Waals surface area contributed by atoms with Crippen molar-refractivity contribution >= 4 is 34.7 Å². The van der Waals surface area contributed by atoms with Crippen molar-refractivity contribution in [2.24, 2.45) is 11.5 Å². The van der Waals surface area contributed by atoms with Gasteiger partial charge >= 0.3 is 0 Å². The Hall–Kier alpha value is -3.75. The topological polar surface area (TPSA) is 117 Å². The van der Waals surface area contributed by atoms with Crippen LogP contribution in [0.2, 0.25) is 5.02 Å². The molecule has 0 aliphatic carbocycles. The van der Waals surface area contributed by atoms with Crippen LogP contribution >= 0.6 is 11.6 Å². The second kappa shape index (κ2) is 10.1. The first-order valence-corrected chi connectivity index (χ1v) is 11.9. The minimum absolute atomic E-state index is 0.292. The third kappa shape index (κ3) is 5.24. The van der Waals surface area contributed by atoms with Gasteiger partial charge in [0, 0.05) is 24.5 Å². The molecule has 2 aromatic carbocycles. The number of aromatic nitrogens is 2. The molecule has 36 heavy (non-hydrogen) atoms. The van der Waals surface area contributed by atoms with Crippen molar-refractivity contribution in [3.63, 3.8) is 0 Å². The lowest BCUT2D eigenvalue weighted by Crippen LogP contribution is -2.37. The second-order valence-electron chi connectivity index (χ2n) is 9.23. The van der Waals surface area contributed by atoms with Crippen molar-refractivity contribution in [3.05, 3.63) is 70.9 Å². The molecular weight excluding hydrogens is 478 g/mol. The lowest BCUT2D eigenvalue weighted by molar-refractivity contribution is -0.119. The Labute approximate surface area is 215 Å². The van der Waals surface area contributed by atoms with Gasteiger partial charge in [-0.25, -0.2) is 4.98 Å². The van der Waals surface area contributed by atoms with Crippen LogP contribution in [-0.4, -0.2) is 34.0 Å². The summed E-state index contributed by atoms with van der Waals surface area (Å²) in [6.45, 7) is 7.77. The normalized spacial score (nSPS) is 11.5. The third-order valence-corrected chi connectivity index (χ3v) is 6.07. The zero-order valence-electron chi connectivity index (χ0n) is 20.8. The maximum Gasteiger partial charge on any atom is 0.255 e. The number of para-hydroxylation sites is 1. The van der Waals surface area contributed by atoms with Gasteiger partial charge in [0.25, 0.3) is 5.91 Å². The Bertz CT molecular complexity index is 1410. The molecule has 0 aliphatic rings. The Morgan fingerprint density at radius 2 is 1.86 bits per heavy atom. The van der Waals surface area contributed by atoms with Gasteiger partial charge in [-0.3, -0.25) is 9.20 Å². The minimum Gasteiger partial charge on any atom is -0.486 e. The fraction of sp³-hybridized carbons (Fsp3) is 0.259. The number of carbonyl (C=O) groups is 1. The summed E-state index contributed by atoms with van der Waals surface area (Å²) in [5.74, 6) is 0.850. The van der Waals surface area contributed by atoms with Crippen molar-refractivity contribution in [2.45, 2.75) is 33.3 Å². The molecule has 0 fully saturated rings. The van der Waals surface area contributed by atoms with Gasteiger partial charge in [0.05, 0.1) is 10.6 Å². The number of fused-ring (bicyclic) bond motifs is 1. The first-order chi connectivity index (χ1) is 17.1. The summed E-state index contributed by atoms with van der Waals surface area (Å²) in [5, 5.41) is 3.90. The lowest BCUT2D eigenvalue weighted by atomic mass is 10.1. The molecular formula is C27H30ClN5O3. The van der Waals surface area contributed by atoms with Gasteiger partial charge in [-0.05, 0) is 57.0 Å². The number of halogens is 1. The fourth-order valence-corrected chi connectivity index (χ4v) is 4.18. The smallest absolute Gasteiger partial charge is 0.255 e. The van der Waals surface area contributed by atoms with E-state index in [2.05, 4.69) is 5.32 Å². The number of amides is 1. The van der Waals surface area contributed by atoms with Crippen molar-refractivity contribution in [3.8, 4) is 22.8 Å². The summed E-state index contributed by atoms with van der Waals surface area (Å²) in [5.41, 5.74) is 15.5. The van der Waals surface area contributed by atoms with Gasteiger partial charge in [0.2, 0.25) is 0 Å². The van der Waals surface area contributed by atoms with Crippen LogP contribution in [0.1, 0.15) is 25.0 Å². The van der Waals surface area contributed by atoms with Gasteiger partial charge in [0.15, 0.2) is 6.61 Å². The van der Waals surface area contributed by atoms with E-state index in [0.717, 1.165) is 16.8 Å². The average Bonchev–Trinajstić information content (AvgIpc) is 3.17. The molecule has 4 rings (SSSR count). The zero-order chi connectivity index (χ0) is 26.0. The Kier molecular flexibility index (Phi) is 7.10. The van der Waals surface area contributed by atoms with E-state index in [1.165, 1.54) is 0 Å². The molecule has 188 valence electrons. The number of carbonyl (C=O) groups excluding carboxylic acids is 1. The number of rotatable bonds is 9. The molecule has 0 atom stereocenters. The zero-order valence-corrected chi connectivity index (χ0v) is 21.5. The van der Waals surface area contributed by atoms with Gasteiger partial charge in [-0.2, -0.15) is 0 Å². The lowest BCUT2D eigenvalue weighted by Gasteiger charge is -2.25. The van der Waals surface area contributed by atoms with E-state index < -0.39 is 11.5 Å². The molecule has 8 nitrogen and oxygen atoms in total. The largest absolute Gasteiger partial charge is 0.486 e. The van der Waals surface area contributed by atoms with Crippen LogP contribution in [0.5, 0.6) is 11.5 Å². The molecule has 5 N–H and O–H groups in total. The number of ether oxygens (including phenoxy) is 2. The van der Waals surface area contributed by atoms with Crippen molar-refractivity contribution < 1.29 is 14.3 Å². The van der Waals surface area contributed by atoms with E-state index in [4.69, 9.17) is 37.5 Å². The number of hydrogen-bond acceptors (Lipinski definition) is 6. The van der Waals surface area contributed by atoms with Gasteiger partial charge in [-0.15, -0.1) is 0 Å². The number of imidazole rings is 1. The highest BCUT2D eigenvalue weighted by Gasteiger charge is 2.25. The number of nitrogens with two attached hydrogens (primary N) is 2. The molecule has 0 bridgehead atoms. The monoisotopic (exact) mass is 507 g/mol. The van der Waals surface area contributed by atoms with Crippen LogP contribution in [0.25, 0.3) is 16.9 Å². The third-order valence-electron chi connectivity index (χ3n) is 5.77. The molecule has 0 radical (unpaired) electrons. The van der Waals surface area contributed by atoms with Crippen LogP contribution in [-0.2, 0) is 4.79 Å². The molecule has 4 aromatic rings. The van der Waals surface area contributed by atoms with E-state index in [0.29, 0.717) is 45.8 Å². The number of nitrogens with one attached hydrogen (secondary N) is 1. The van der Waals surface area contributed by atoms with Crippen molar-refractivity contribution in [1.29, 1.82) is 0 Å². The Morgan fingerprint density at radius 1 is 1.14 bits per heavy atom. The minimum atomic E-state index is -0.635. The standard InChI is InChI=1S/C27H30ClN5O3/c1-16-8-7-9-17(2)24(16)32-26-25(31-22-10-5-6-11-33(22)26)23-19(28)12-18(36-27(3,4)15-29)13-20(23)35-14-21(30)34/h5-13,32H,14-15,29H2,1-4H3,(H2,30,34). The predicted molar refractivity (Wildman–Crippen MR) is 143 cm³/mol. The number of anilines is 2. The number of aryl methyl sites for hydroxylation is 2. The Morgan fingerprint density at radius 3 is 2.53 bits per heavy atom. The van der Waals surface area contributed by atoms with Crippen LogP contribution in [0.4, 0.5) is 11.5 Å².